The van der Waals surface area contributed by atoms with Crippen molar-refractivity contribution in [2.75, 3.05) is 43.0 Å². The molecule has 1 heterocycles. The Bertz CT molecular complexity index is 1530. The molecule has 5 atom stereocenters. The highest BCUT2D eigenvalue weighted by atomic mass is 32.1. The van der Waals surface area contributed by atoms with E-state index in [1.807, 2.05) is 42.5 Å². The molecule has 1 aliphatic rings. The molecular weight excluding hydrogens is 709 g/mol. The average Bonchev–Trinajstić information content (AvgIpc) is 3.64. The van der Waals surface area contributed by atoms with E-state index < -0.39 is 66.4 Å². The van der Waals surface area contributed by atoms with Gasteiger partial charge in [0.05, 0.1) is 6.54 Å². The lowest BCUT2D eigenvalue weighted by molar-refractivity contribution is -0.142. The van der Waals surface area contributed by atoms with Crippen LogP contribution in [0, 0.1) is 0 Å². The van der Waals surface area contributed by atoms with Gasteiger partial charge in [-0.05, 0) is 75.9 Å². The summed E-state index contributed by atoms with van der Waals surface area (Å²) >= 11 is 8.61. The number of likely N-dealkylation sites (tertiary alicyclic amines) is 1. The molecule has 1 aliphatic heterocycles. The number of amides is 5. The van der Waals surface area contributed by atoms with Gasteiger partial charge in [0.1, 0.15) is 30.2 Å². The smallest absolute Gasteiger partial charge is 0.326 e. The molecule has 0 saturated carbocycles. The first-order valence-corrected chi connectivity index (χ1v) is 18.9. The van der Waals surface area contributed by atoms with Gasteiger partial charge in [0.2, 0.25) is 29.5 Å². The Kier molecular flexibility index (Phi) is 18.0. The highest BCUT2D eigenvalue weighted by Gasteiger charge is 2.37. The first kappa shape index (κ1) is 42.4. The summed E-state index contributed by atoms with van der Waals surface area (Å²) in [5, 5.41) is 25.0. The van der Waals surface area contributed by atoms with Crippen molar-refractivity contribution in [1.29, 1.82) is 0 Å². The number of carbonyl (C=O) groups excluding carboxylic acids is 5. The summed E-state index contributed by atoms with van der Waals surface area (Å²) in [7, 11) is 0. The molecule has 3 rings (SSSR count). The minimum Gasteiger partial charge on any atom is -0.480 e. The van der Waals surface area contributed by atoms with Crippen LogP contribution < -0.4 is 38.1 Å². The third-order valence-electron chi connectivity index (χ3n) is 8.84. The number of nitrogens with zero attached hydrogens (tertiary/aromatic N) is 1. The lowest BCUT2D eigenvalue weighted by Crippen LogP contribution is -2.57. The number of thiol groups is 2. The number of nitrogens with one attached hydrogen (secondary N) is 5. The molecule has 52 heavy (non-hydrogen) atoms. The molecule has 1 fully saturated rings. The Hall–Kier alpha value is -4.06. The molecule has 1 saturated heterocycles. The molecule has 0 unspecified atom stereocenters. The van der Waals surface area contributed by atoms with Gasteiger partial charge in [-0.25, -0.2) is 4.79 Å². The summed E-state index contributed by atoms with van der Waals surface area (Å²) in [6, 6.07) is 8.63. The van der Waals surface area contributed by atoms with Crippen LogP contribution in [0.2, 0.25) is 0 Å². The van der Waals surface area contributed by atoms with Crippen LogP contribution in [0.15, 0.2) is 42.5 Å². The molecule has 0 aliphatic carbocycles. The van der Waals surface area contributed by atoms with Crippen molar-refractivity contribution in [3.05, 3.63) is 42.5 Å². The number of unbranched alkanes of at least 4 members (excludes halogenated alkanes) is 2. The Morgan fingerprint density at radius 1 is 0.788 bits per heavy atom. The fraction of sp³-hybridized carbons (Fsp3) is 0.543. The largest absolute Gasteiger partial charge is 0.480 e. The van der Waals surface area contributed by atoms with Gasteiger partial charge in [-0.3, -0.25) is 24.0 Å². The highest BCUT2D eigenvalue weighted by molar-refractivity contribution is 7.80. The van der Waals surface area contributed by atoms with Crippen molar-refractivity contribution < 1.29 is 33.9 Å². The lowest BCUT2D eigenvalue weighted by atomic mass is 10.1. The topological polar surface area (TPSA) is 238 Å². The van der Waals surface area contributed by atoms with E-state index in [4.69, 9.17) is 11.5 Å². The summed E-state index contributed by atoms with van der Waals surface area (Å²) in [6.07, 6.45) is 3.53. The van der Waals surface area contributed by atoms with E-state index in [-0.39, 0.29) is 30.3 Å². The van der Waals surface area contributed by atoms with Crippen LogP contribution in [0.1, 0.15) is 51.4 Å². The Morgan fingerprint density at radius 3 is 2.06 bits per heavy atom. The van der Waals surface area contributed by atoms with Gasteiger partial charge < -0.3 is 48.1 Å². The van der Waals surface area contributed by atoms with Crippen LogP contribution in [0.25, 0.3) is 10.8 Å². The Labute approximate surface area is 314 Å². The van der Waals surface area contributed by atoms with E-state index in [0.717, 1.165) is 16.5 Å². The summed E-state index contributed by atoms with van der Waals surface area (Å²) in [5.74, 6) is -4.00. The summed E-state index contributed by atoms with van der Waals surface area (Å²) in [5.41, 5.74) is 11.9. The van der Waals surface area contributed by atoms with Gasteiger partial charge in [0.15, 0.2) is 0 Å². The third kappa shape index (κ3) is 12.6. The molecule has 0 spiro atoms. The van der Waals surface area contributed by atoms with Gasteiger partial charge in [-0.2, -0.15) is 25.3 Å². The third-order valence-corrected chi connectivity index (χ3v) is 9.57. The number of rotatable bonds is 22. The number of nitrogens with two attached hydrogens (primary N) is 2. The number of carboxylic acids is 1. The van der Waals surface area contributed by atoms with Crippen LogP contribution in [0.4, 0.5) is 5.69 Å². The van der Waals surface area contributed by atoms with Crippen LogP contribution in [0.5, 0.6) is 0 Å². The molecule has 0 radical (unpaired) electrons. The number of benzene rings is 2. The SMILES string of the molecule is NCCCC[C@H](NC(=O)[C@H](CCCCN)NC(=O)[C@H](CS)NC(=O)CNC(=O)[C@@H]1CCCN1C(=O)[C@H](CS)Nc1cccc2ccccc12)C(=O)O. The number of carbonyl (C=O) groups is 6. The van der Waals surface area contributed by atoms with Crippen LogP contribution in [-0.4, -0.2) is 113 Å². The van der Waals surface area contributed by atoms with E-state index in [0.29, 0.717) is 58.2 Å². The zero-order valence-corrected chi connectivity index (χ0v) is 31.0. The number of anilines is 1. The molecule has 0 bridgehead atoms. The van der Waals surface area contributed by atoms with Crippen molar-refractivity contribution in [2.45, 2.75) is 81.6 Å². The van der Waals surface area contributed by atoms with Crippen molar-refractivity contribution in [2.24, 2.45) is 11.5 Å². The number of hydrogen-bond acceptors (Lipinski definition) is 11. The van der Waals surface area contributed by atoms with Gasteiger partial charge in [0, 0.05) is 29.1 Å². The van der Waals surface area contributed by atoms with Crippen molar-refractivity contribution in [3.8, 4) is 0 Å². The van der Waals surface area contributed by atoms with E-state index in [1.54, 1.807) is 0 Å². The lowest BCUT2D eigenvalue weighted by Gasteiger charge is -2.29. The summed E-state index contributed by atoms with van der Waals surface area (Å²) in [4.78, 5) is 79.3. The molecule has 10 N–H and O–H groups in total. The predicted octanol–water partition coefficient (Wildman–Crippen LogP) is 0.384. The maximum Gasteiger partial charge on any atom is 0.326 e. The molecule has 2 aromatic carbocycles. The average molecular weight is 761 g/mol. The fourth-order valence-electron chi connectivity index (χ4n) is 6.01. The second kappa shape index (κ2) is 22.1. The minimum atomic E-state index is -1.20. The van der Waals surface area contributed by atoms with Gasteiger partial charge in [-0.15, -0.1) is 0 Å². The van der Waals surface area contributed by atoms with E-state index in [2.05, 4.69) is 51.8 Å². The molecule has 286 valence electrons. The fourth-order valence-corrected chi connectivity index (χ4v) is 6.51. The zero-order chi connectivity index (χ0) is 38.0. The number of fused-ring (bicyclic) bond motifs is 1. The second-order valence-corrected chi connectivity index (χ2v) is 13.4. The molecule has 17 heteroatoms. The molecular formula is C35H52N8O7S2. The summed E-state index contributed by atoms with van der Waals surface area (Å²) in [6.45, 7) is 0.653. The van der Waals surface area contributed by atoms with Crippen LogP contribution in [0.3, 0.4) is 0 Å². The molecule has 5 amide bonds. The van der Waals surface area contributed by atoms with Gasteiger partial charge >= 0.3 is 5.97 Å². The number of carboxylic acid groups (broad SMARTS) is 1. The number of aliphatic carboxylic acids is 1. The zero-order valence-electron chi connectivity index (χ0n) is 29.2. The molecule has 15 nitrogen and oxygen atoms in total. The maximum absolute atomic E-state index is 13.6. The Morgan fingerprint density at radius 2 is 1.40 bits per heavy atom. The highest BCUT2D eigenvalue weighted by Crippen LogP contribution is 2.25. The van der Waals surface area contributed by atoms with Crippen molar-refractivity contribution in [3.63, 3.8) is 0 Å². The Balaban J connectivity index is 1.57. The first-order chi connectivity index (χ1) is 25.0. The quantitative estimate of drug-likeness (QED) is 0.0585. The second-order valence-electron chi connectivity index (χ2n) is 12.6. The van der Waals surface area contributed by atoms with Gasteiger partial charge in [-0.1, -0.05) is 36.4 Å². The van der Waals surface area contributed by atoms with E-state index in [9.17, 15) is 33.9 Å². The van der Waals surface area contributed by atoms with Crippen LogP contribution >= 0.6 is 25.3 Å². The predicted molar refractivity (Wildman–Crippen MR) is 206 cm³/mol. The van der Waals surface area contributed by atoms with Gasteiger partial charge in [0.25, 0.3) is 0 Å². The van der Waals surface area contributed by atoms with Crippen molar-refractivity contribution in [1.82, 2.24) is 26.2 Å². The normalized spacial score (nSPS) is 16.3. The monoisotopic (exact) mass is 760 g/mol. The standard InChI is InChI=1S/C35H52N8O7S2/c36-16-5-3-12-25(31(45)42-26(35(49)50)13-4-6-17-37)41-32(46)27(20-51)40-30(44)19-38-33(47)29-15-8-18-43(29)34(48)28(21-52)39-24-14-7-10-22-9-1-2-11-23(22)24/h1-2,7,9-11,14,25-29,39,51-52H,3-6,8,12-13,15-21,36-37H2,(H,38,47)(H,40,44)(H,41,46)(H,42,45)(H,49,50)/t25-,26-,27-,28-,29-/m0/s1. The molecule has 0 aromatic heterocycles. The summed E-state index contributed by atoms with van der Waals surface area (Å²) < 4.78 is 0. The van der Waals surface area contributed by atoms with Crippen LogP contribution in [-0.2, 0) is 28.8 Å². The van der Waals surface area contributed by atoms with E-state index in [1.165, 1.54) is 4.90 Å². The molecule has 2 aromatic rings. The first-order valence-electron chi connectivity index (χ1n) is 17.6. The number of hydrogen-bond donors (Lipinski definition) is 10. The maximum atomic E-state index is 13.6. The van der Waals surface area contributed by atoms with E-state index >= 15 is 0 Å². The van der Waals surface area contributed by atoms with Crippen molar-refractivity contribution >= 4 is 77.2 Å². The minimum absolute atomic E-state index is 0.126.